The summed E-state index contributed by atoms with van der Waals surface area (Å²) in [4.78, 5) is 35.3. The maximum absolute atomic E-state index is 12.9. The molecule has 4 aromatic rings. The fraction of sp³-hybridized carbons (Fsp3) is 0.231. The van der Waals surface area contributed by atoms with Crippen molar-refractivity contribution in [2.75, 3.05) is 13.4 Å². The van der Waals surface area contributed by atoms with Crippen LogP contribution in [0.5, 0.6) is 5.75 Å². The van der Waals surface area contributed by atoms with Crippen molar-refractivity contribution in [2.45, 2.75) is 30.7 Å². The fourth-order valence-electron chi connectivity index (χ4n) is 4.64. The summed E-state index contributed by atoms with van der Waals surface area (Å²) in [6.45, 7) is 1.50. The van der Waals surface area contributed by atoms with Gasteiger partial charge in [0.25, 0.3) is 0 Å². The van der Waals surface area contributed by atoms with Crippen molar-refractivity contribution in [1.82, 2.24) is 15.3 Å². The standard InChI is InChI=1S/C26H23N3O3S/c1-14(30)27-18-10-8-15-12-21-25(29-20-7-5-4-6-19(20)28-21)26(32-2)24(15)16-9-11-23(33-3)22(31)13-17(16)18/h4-7,9,11-13,18H,8,10H2,1-3H3,(H,27,30). The zero-order valence-electron chi connectivity index (χ0n) is 18.6. The molecular weight excluding hydrogens is 434 g/mol. The van der Waals surface area contributed by atoms with E-state index in [9.17, 15) is 9.59 Å². The van der Waals surface area contributed by atoms with E-state index in [1.807, 2.05) is 42.7 Å². The van der Waals surface area contributed by atoms with E-state index >= 15 is 0 Å². The summed E-state index contributed by atoms with van der Waals surface area (Å²) in [5, 5.41) is 3.04. The topological polar surface area (TPSA) is 81.2 Å². The third kappa shape index (κ3) is 3.72. The normalized spacial score (nSPS) is 14.9. The summed E-state index contributed by atoms with van der Waals surface area (Å²) in [5.41, 5.74) is 6.61. The molecule has 0 radical (unpaired) electrons. The lowest BCUT2D eigenvalue weighted by atomic mass is 9.95. The Balaban J connectivity index is 1.88. The van der Waals surface area contributed by atoms with Gasteiger partial charge in [0, 0.05) is 12.5 Å². The van der Waals surface area contributed by atoms with E-state index < -0.39 is 0 Å². The van der Waals surface area contributed by atoms with Gasteiger partial charge >= 0.3 is 0 Å². The van der Waals surface area contributed by atoms with E-state index in [1.165, 1.54) is 18.7 Å². The Labute approximate surface area is 195 Å². The van der Waals surface area contributed by atoms with E-state index in [1.54, 1.807) is 13.2 Å². The molecule has 1 aliphatic rings. The highest BCUT2D eigenvalue weighted by Gasteiger charge is 2.27. The molecule has 0 spiro atoms. The number of fused-ring (bicyclic) bond motifs is 5. The largest absolute Gasteiger partial charge is 0.494 e. The Morgan fingerprint density at radius 2 is 1.85 bits per heavy atom. The van der Waals surface area contributed by atoms with Gasteiger partial charge in [-0.3, -0.25) is 9.59 Å². The summed E-state index contributed by atoms with van der Waals surface area (Å²) in [6.07, 6.45) is 3.24. The number of methoxy groups -OCH3 is 1. The van der Waals surface area contributed by atoms with Crippen molar-refractivity contribution in [3.8, 4) is 16.9 Å². The number of amides is 1. The summed E-state index contributed by atoms with van der Waals surface area (Å²) in [6, 6.07) is 15.0. The molecule has 1 amide bonds. The van der Waals surface area contributed by atoms with Gasteiger partial charge < -0.3 is 10.1 Å². The summed E-state index contributed by atoms with van der Waals surface area (Å²) in [7, 11) is 1.64. The number of aryl methyl sites for hydroxylation is 1. The molecule has 1 aromatic heterocycles. The van der Waals surface area contributed by atoms with Crippen molar-refractivity contribution in [1.29, 1.82) is 0 Å². The lowest BCUT2D eigenvalue weighted by molar-refractivity contribution is -0.119. The molecule has 166 valence electrons. The molecule has 0 aliphatic heterocycles. The Morgan fingerprint density at radius 1 is 1.09 bits per heavy atom. The van der Waals surface area contributed by atoms with Gasteiger partial charge in [-0.25, -0.2) is 9.97 Å². The summed E-state index contributed by atoms with van der Waals surface area (Å²) < 4.78 is 5.95. The number of hydrogen-bond donors (Lipinski definition) is 1. The lowest BCUT2D eigenvalue weighted by Gasteiger charge is -2.18. The van der Waals surface area contributed by atoms with Gasteiger partial charge in [-0.05, 0) is 66.1 Å². The first kappa shape index (κ1) is 21.4. The highest BCUT2D eigenvalue weighted by atomic mass is 32.2. The van der Waals surface area contributed by atoms with Crippen LogP contribution in [0.15, 0.2) is 58.2 Å². The Hall–Kier alpha value is -3.45. The average molecular weight is 458 g/mol. The molecule has 1 atom stereocenters. The van der Waals surface area contributed by atoms with Crippen LogP contribution in [0.3, 0.4) is 0 Å². The number of hydrogen-bond acceptors (Lipinski definition) is 6. The third-order valence-corrected chi connectivity index (χ3v) is 6.84. The first-order valence-corrected chi connectivity index (χ1v) is 12.0. The number of nitrogens with zero attached hydrogens (tertiary/aromatic N) is 2. The molecule has 0 bridgehead atoms. The maximum atomic E-state index is 12.9. The van der Waals surface area contributed by atoms with Gasteiger partial charge in [0.15, 0.2) is 11.2 Å². The minimum absolute atomic E-state index is 0.0620. The Bertz CT molecular complexity index is 1490. The van der Waals surface area contributed by atoms with Crippen molar-refractivity contribution in [3.63, 3.8) is 0 Å². The molecule has 6 nitrogen and oxygen atoms in total. The van der Waals surface area contributed by atoms with Crippen LogP contribution in [0, 0.1) is 0 Å². The van der Waals surface area contributed by atoms with Crippen LogP contribution in [0.4, 0.5) is 0 Å². The fourth-order valence-corrected chi connectivity index (χ4v) is 5.10. The number of benzene rings is 2. The number of nitrogens with one attached hydrogen (secondary N) is 1. The molecule has 0 saturated carbocycles. The van der Waals surface area contributed by atoms with Crippen molar-refractivity contribution >= 4 is 39.7 Å². The van der Waals surface area contributed by atoms with E-state index in [0.717, 1.165) is 38.8 Å². The lowest BCUT2D eigenvalue weighted by Crippen LogP contribution is -2.26. The van der Waals surface area contributed by atoms with Crippen molar-refractivity contribution < 1.29 is 9.53 Å². The van der Waals surface area contributed by atoms with Crippen LogP contribution < -0.4 is 15.5 Å². The SMILES string of the molecule is COc1c2c(cc3nc4ccccc4nc13)CCC(NC(C)=O)c1cc(=O)c(SC)ccc1-2. The third-order valence-electron chi connectivity index (χ3n) is 6.06. The van der Waals surface area contributed by atoms with Crippen molar-refractivity contribution in [2.24, 2.45) is 0 Å². The molecule has 1 N–H and O–H groups in total. The second-order valence-electron chi connectivity index (χ2n) is 8.10. The second kappa shape index (κ2) is 8.48. The molecular formula is C26H23N3O3S. The number of para-hydroxylation sites is 2. The summed E-state index contributed by atoms with van der Waals surface area (Å²) >= 11 is 1.41. The maximum Gasteiger partial charge on any atom is 0.217 e. The van der Waals surface area contributed by atoms with E-state index in [0.29, 0.717) is 29.0 Å². The quantitative estimate of drug-likeness (QED) is 0.356. The molecule has 1 aliphatic carbocycles. The molecule has 3 aromatic carbocycles. The number of ether oxygens (including phenoxy) is 1. The Morgan fingerprint density at radius 3 is 2.55 bits per heavy atom. The van der Waals surface area contributed by atoms with Gasteiger partial charge in [-0.2, -0.15) is 0 Å². The zero-order valence-corrected chi connectivity index (χ0v) is 19.5. The number of thioether (sulfide) groups is 1. The summed E-state index contributed by atoms with van der Waals surface area (Å²) in [5.74, 6) is 0.502. The molecule has 5 rings (SSSR count). The minimum atomic E-state index is -0.285. The first-order chi connectivity index (χ1) is 16.0. The number of aromatic nitrogens is 2. The van der Waals surface area contributed by atoms with E-state index in [4.69, 9.17) is 14.7 Å². The van der Waals surface area contributed by atoms with Gasteiger partial charge in [-0.1, -0.05) is 18.2 Å². The highest BCUT2D eigenvalue weighted by molar-refractivity contribution is 7.98. The molecule has 33 heavy (non-hydrogen) atoms. The predicted octanol–water partition coefficient (Wildman–Crippen LogP) is 4.66. The monoisotopic (exact) mass is 457 g/mol. The smallest absolute Gasteiger partial charge is 0.217 e. The van der Waals surface area contributed by atoms with Gasteiger partial charge in [0.1, 0.15) is 5.52 Å². The Kier molecular flexibility index (Phi) is 5.50. The highest BCUT2D eigenvalue weighted by Crippen LogP contribution is 2.45. The van der Waals surface area contributed by atoms with Crippen LogP contribution in [-0.2, 0) is 11.2 Å². The van der Waals surface area contributed by atoms with Gasteiger partial charge in [0.05, 0.1) is 34.6 Å². The van der Waals surface area contributed by atoms with Crippen LogP contribution in [-0.4, -0.2) is 29.2 Å². The molecule has 0 fully saturated rings. The minimum Gasteiger partial charge on any atom is -0.494 e. The average Bonchev–Trinajstić information content (AvgIpc) is 3.05. The van der Waals surface area contributed by atoms with Crippen molar-refractivity contribution in [3.05, 3.63) is 69.9 Å². The zero-order chi connectivity index (χ0) is 23.1. The van der Waals surface area contributed by atoms with E-state index in [2.05, 4.69) is 11.4 Å². The number of carbonyl (C=O) groups is 1. The predicted molar refractivity (Wildman–Crippen MR) is 132 cm³/mol. The number of carbonyl (C=O) groups excluding carboxylic acids is 1. The first-order valence-electron chi connectivity index (χ1n) is 10.8. The van der Waals surface area contributed by atoms with Crippen LogP contribution in [0.2, 0.25) is 0 Å². The molecule has 0 saturated heterocycles. The number of rotatable bonds is 3. The molecule has 1 heterocycles. The van der Waals surface area contributed by atoms with Gasteiger partial charge in [-0.15, -0.1) is 11.8 Å². The molecule has 1 unspecified atom stereocenters. The van der Waals surface area contributed by atoms with Crippen LogP contribution in [0.25, 0.3) is 33.2 Å². The molecule has 7 heteroatoms. The van der Waals surface area contributed by atoms with Crippen LogP contribution >= 0.6 is 11.8 Å². The van der Waals surface area contributed by atoms with Crippen LogP contribution in [0.1, 0.15) is 30.5 Å². The second-order valence-corrected chi connectivity index (χ2v) is 8.94. The van der Waals surface area contributed by atoms with E-state index in [-0.39, 0.29) is 17.4 Å². The van der Waals surface area contributed by atoms with Gasteiger partial charge in [0.2, 0.25) is 5.91 Å².